The number of aromatic nitrogens is 1. The Morgan fingerprint density at radius 3 is 2.10 bits per heavy atom. The number of hydrogen-bond donors (Lipinski definition) is 6. The summed E-state index contributed by atoms with van der Waals surface area (Å²) < 4.78 is 99.2. The quantitative estimate of drug-likeness (QED) is 0.0162. The fourth-order valence-corrected chi connectivity index (χ4v) is 19.2. The molecule has 112 heavy (non-hydrogen) atoms. The van der Waals surface area contributed by atoms with Gasteiger partial charge in [0, 0.05) is 137 Å². The minimum absolute atomic E-state index is 0.0224. The lowest BCUT2D eigenvalue weighted by molar-refractivity contribution is -0.144. The van der Waals surface area contributed by atoms with Gasteiger partial charge >= 0.3 is 5.51 Å². The van der Waals surface area contributed by atoms with Crippen molar-refractivity contribution in [1.29, 1.82) is 0 Å². The largest absolute Gasteiger partial charge is 0.501 e. The number of aryl methyl sites for hydroxylation is 1. The number of rotatable bonds is 34. The number of halogens is 4. The topological polar surface area (TPSA) is 275 Å². The van der Waals surface area contributed by atoms with Crippen molar-refractivity contribution in [3.8, 4) is 10.4 Å². The van der Waals surface area contributed by atoms with Crippen LogP contribution in [-0.4, -0.2) is 220 Å². The molecule has 0 radical (unpaired) electrons. The Morgan fingerprint density at radius 1 is 0.804 bits per heavy atom. The minimum Gasteiger partial charge on any atom is -0.395 e. The third-order valence-corrected chi connectivity index (χ3v) is 27.0. The van der Waals surface area contributed by atoms with E-state index in [0.717, 1.165) is 121 Å². The first-order valence-corrected chi connectivity index (χ1v) is 43.9. The molecule has 30 heteroatoms. The van der Waals surface area contributed by atoms with E-state index in [1.165, 1.54) is 39.9 Å². The number of amides is 5. The van der Waals surface area contributed by atoms with E-state index < -0.39 is 82.3 Å². The summed E-state index contributed by atoms with van der Waals surface area (Å²) in [5.74, 6) is -1.72. The molecule has 6 N–H and O–H groups in total. The molecule has 1 aromatic heterocycles. The standard InChI is InChI=1S/C82H107ClF3N11O11S4/c1-8-92(46-47-98)37-35-64(53-109-67-16-12-11-13-17-67)89-70-33-32-68(49-72(70)111(105,106)82(84,85)86)112(107,108)91-77(102)61-26-30-65(31-27-61)95-42-38-93(39-43-95)51-62-50-81(7,36-34-69(62)59-24-28-63(83)29-25-59)54-94-40-44-96(45-41-94)74(101)19-15-10-9-14-18-73(100)90-76(80(4,5)6)79(104)97-52-66(99)48-71(97)78(103)88-56(2)58-20-22-60(23-21-58)75-57(3)87-55-110-75/h11-13,16-17,20-33,49,55-56,64,66,71,76,89,98-99H,8-10,14-15,18-19,34-48,50-54H2,1-7H3,(H,88,103)(H,90,100)(H,91,102)/t56-,64+,66+,71-,76+,81?/m0/s1. The van der Waals surface area contributed by atoms with Crippen LogP contribution in [-0.2, 0) is 39.0 Å². The van der Waals surface area contributed by atoms with Crippen molar-refractivity contribution in [2.45, 2.75) is 170 Å². The van der Waals surface area contributed by atoms with Crippen LogP contribution in [0.3, 0.4) is 0 Å². The molecule has 3 fully saturated rings. The van der Waals surface area contributed by atoms with Gasteiger partial charge in [-0.1, -0.05) is 119 Å². The fraction of sp³-hybridized carbons (Fsp3) is 0.512. The maximum atomic E-state index is 14.4. The minimum atomic E-state index is -6.14. The molecule has 22 nitrogen and oxygen atoms in total. The number of carbonyl (C=O) groups is 5. The summed E-state index contributed by atoms with van der Waals surface area (Å²) in [6, 6.07) is 31.0. The molecular weight excluding hydrogens is 1540 g/mol. The monoisotopic (exact) mass is 1640 g/mol. The number of aliphatic hydroxyl groups is 2. The predicted molar refractivity (Wildman–Crippen MR) is 435 cm³/mol. The van der Waals surface area contributed by atoms with Crippen molar-refractivity contribution in [1.82, 2.24) is 44.8 Å². The molecule has 1 aliphatic carbocycles. The van der Waals surface area contributed by atoms with Crippen LogP contribution in [0.4, 0.5) is 24.5 Å². The highest BCUT2D eigenvalue weighted by Crippen LogP contribution is 2.45. The first-order chi connectivity index (χ1) is 53.2. The van der Waals surface area contributed by atoms with Crippen LogP contribution in [0.2, 0.25) is 5.02 Å². The van der Waals surface area contributed by atoms with Gasteiger partial charge in [-0.15, -0.1) is 23.1 Å². The van der Waals surface area contributed by atoms with E-state index in [2.05, 4.69) is 54.7 Å². The molecule has 4 aliphatic rings. The molecule has 3 aliphatic heterocycles. The van der Waals surface area contributed by atoms with E-state index >= 15 is 0 Å². The number of likely N-dealkylation sites (tertiary alicyclic amines) is 1. The van der Waals surface area contributed by atoms with Gasteiger partial charge in [0.1, 0.15) is 17.0 Å². The van der Waals surface area contributed by atoms with E-state index in [1.54, 1.807) is 23.5 Å². The van der Waals surface area contributed by atoms with Crippen LogP contribution in [0.15, 0.2) is 147 Å². The normalized spacial score (nSPS) is 19.2. The second-order valence-electron chi connectivity index (χ2n) is 31.3. The maximum Gasteiger partial charge on any atom is 0.501 e. The average molecular weight is 1640 g/mol. The zero-order valence-corrected chi connectivity index (χ0v) is 69.0. The zero-order chi connectivity index (χ0) is 80.7. The first-order valence-electron chi connectivity index (χ1n) is 38.6. The van der Waals surface area contributed by atoms with Crippen molar-refractivity contribution < 1.29 is 64.2 Å². The number of unbranched alkanes of at least 4 members (excludes halogenated alkanes) is 3. The second-order valence-corrected chi connectivity index (χ2v) is 37.3. The van der Waals surface area contributed by atoms with Crippen LogP contribution >= 0.6 is 34.7 Å². The Morgan fingerprint density at radius 2 is 1.46 bits per heavy atom. The summed E-state index contributed by atoms with van der Waals surface area (Å²) in [7, 11) is -11.1. The van der Waals surface area contributed by atoms with Crippen LogP contribution < -0.4 is 25.6 Å². The Balaban J connectivity index is 0.667. The SMILES string of the molecule is CCN(CCO)CC[C@H](CSc1ccccc1)Nc1ccc(S(=O)(=O)NC(=O)c2ccc(N3CCN(CC4=C(c5ccc(Cl)cc5)CCC(C)(CN5CCN(C(=O)CCCCCCC(=O)N[C@H](C(=O)N6C[C@H](O)C[C@H]6C(=O)N[C@@H](C)c6ccc(-c7scnc7C)cc6)C(C)(C)C)CC5)C4)CC3)cc2)cc1S(=O)(=O)C(F)(F)F. The van der Waals surface area contributed by atoms with Crippen LogP contribution in [0.1, 0.15) is 145 Å². The van der Waals surface area contributed by atoms with Gasteiger partial charge < -0.3 is 45.8 Å². The number of nitrogens with one attached hydrogen (secondary N) is 4. The number of sulfonamides is 1. The van der Waals surface area contributed by atoms with Gasteiger partial charge in [-0.25, -0.2) is 26.5 Å². The molecular formula is C82H107ClF3N11O11S4. The fourth-order valence-electron chi connectivity index (χ4n) is 15.3. The summed E-state index contributed by atoms with van der Waals surface area (Å²) in [5, 5.41) is 30.0. The lowest BCUT2D eigenvalue weighted by atomic mass is 9.71. The van der Waals surface area contributed by atoms with Crippen molar-refractivity contribution >= 4 is 101 Å². The summed E-state index contributed by atoms with van der Waals surface area (Å²) in [5.41, 5.74) is 2.27. The third kappa shape index (κ3) is 23.2. The molecule has 5 aromatic carbocycles. The van der Waals surface area contributed by atoms with Crippen molar-refractivity contribution in [3.63, 3.8) is 0 Å². The summed E-state index contributed by atoms with van der Waals surface area (Å²) in [4.78, 5) is 85.4. The number of piperazine rings is 2. The Bertz CT molecular complexity index is 4460. The lowest BCUT2D eigenvalue weighted by Crippen LogP contribution is -2.57. The highest BCUT2D eigenvalue weighted by Gasteiger charge is 2.49. The molecule has 0 bridgehead atoms. The number of benzene rings is 5. The molecule has 5 amide bonds. The number of β-amino-alcohol motifs (C(OH)–C–C–N with tert-alkyl or cyclic N) is 1. The van der Waals surface area contributed by atoms with Gasteiger partial charge in [0.2, 0.25) is 23.6 Å². The Labute approximate surface area is 670 Å². The smallest absolute Gasteiger partial charge is 0.395 e. The average Bonchev–Trinajstić information content (AvgIpc) is 0.953. The molecule has 1 unspecified atom stereocenters. The van der Waals surface area contributed by atoms with E-state index in [-0.39, 0.29) is 60.7 Å². The highest BCUT2D eigenvalue weighted by molar-refractivity contribution is 7.99. The number of hydrogen-bond acceptors (Lipinski definition) is 19. The Kier molecular flexibility index (Phi) is 30.1. The van der Waals surface area contributed by atoms with Crippen molar-refractivity contribution in [2.75, 3.05) is 114 Å². The molecule has 0 spiro atoms. The number of likely N-dealkylation sites (N-methyl/N-ethyl adjacent to an activating group) is 1. The van der Waals surface area contributed by atoms with Gasteiger partial charge in [0.15, 0.2) is 0 Å². The lowest BCUT2D eigenvalue weighted by Gasteiger charge is -2.44. The van der Waals surface area contributed by atoms with Gasteiger partial charge in [-0.05, 0) is 159 Å². The third-order valence-electron chi connectivity index (χ3n) is 21.8. The second kappa shape index (κ2) is 38.8. The zero-order valence-electron chi connectivity index (χ0n) is 64.9. The molecule has 6 aromatic rings. The van der Waals surface area contributed by atoms with Crippen LogP contribution in [0.5, 0.6) is 0 Å². The van der Waals surface area contributed by atoms with E-state index in [9.17, 15) is 64.2 Å². The van der Waals surface area contributed by atoms with Gasteiger partial charge in [-0.3, -0.25) is 33.8 Å². The molecule has 3 saturated heterocycles. The number of thiazole rings is 1. The van der Waals surface area contributed by atoms with Crippen molar-refractivity contribution in [2.24, 2.45) is 10.8 Å². The van der Waals surface area contributed by atoms with Gasteiger partial charge in [-0.2, -0.15) is 13.2 Å². The summed E-state index contributed by atoms with van der Waals surface area (Å²) in [6.45, 7) is 22.1. The highest BCUT2D eigenvalue weighted by atomic mass is 35.5. The number of thioether (sulfide) groups is 1. The molecule has 4 heterocycles. The maximum absolute atomic E-state index is 14.4. The number of carbonyl (C=O) groups excluding carboxylic acids is 5. The summed E-state index contributed by atoms with van der Waals surface area (Å²) >= 11 is 9.36. The molecule has 6 atom stereocenters. The number of anilines is 2. The number of aliphatic hydroxyl groups excluding tert-OH is 2. The van der Waals surface area contributed by atoms with Gasteiger partial charge in [0.05, 0.1) is 45.4 Å². The number of nitrogens with zero attached hydrogens (tertiary/aromatic N) is 7. The van der Waals surface area contributed by atoms with E-state index in [0.29, 0.717) is 88.3 Å². The number of alkyl halides is 3. The number of allylic oxidation sites excluding steroid dienone is 1. The van der Waals surface area contributed by atoms with Crippen LogP contribution in [0, 0.1) is 17.8 Å². The summed E-state index contributed by atoms with van der Waals surface area (Å²) in [6.07, 6.45) is 5.65. The first kappa shape index (κ1) is 86.9. The predicted octanol–water partition coefficient (Wildman–Crippen LogP) is 12.1. The molecule has 0 saturated carbocycles. The van der Waals surface area contributed by atoms with Gasteiger partial charge in [0.25, 0.3) is 25.8 Å². The number of sulfone groups is 1. The molecule has 10 rings (SSSR count). The van der Waals surface area contributed by atoms with E-state index in [4.69, 9.17) is 11.6 Å². The Hall–Kier alpha value is -7.45. The van der Waals surface area contributed by atoms with E-state index in [1.807, 2.05) is 128 Å². The van der Waals surface area contributed by atoms with Crippen molar-refractivity contribution in [3.05, 3.63) is 160 Å². The molecule has 608 valence electrons. The van der Waals surface area contributed by atoms with Crippen LogP contribution in [0.25, 0.3) is 16.0 Å².